The van der Waals surface area contributed by atoms with Crippen molar-refractivity contribution in [2.75, 3.05) is 11.9 Å². The van der Waals surface area contributed by atoms with E-state index in [0.717, 1.165) is 13.0 Å². The summed E-state index contributed by atoms with van der Waals surface area (Å²) in [5.74, 6) is 0.569. The van der Waals surface area contributed by atoms with E-state index < -0.39 is 0 Å². The van der Waals surface area contributed by atoms with Gasteiger partial charge in [-0.15, -0.1) is 5.10 Å². The molecule has 0 radical (unpaired) electrons. The van der Waals surface area contributed by atoms with Crippen molar-refractivity contribution in [1.29, 1.82) is 0 Å². The van der Waals surface area contributed by atoms with Gasteiger partial charge in [-0.05, 0) is 17.0 Å². The van der Waals surface area contributed by atoms with Gasteiger partial charge in [-0.25, -0.2) is 0 Å². The first-order chi connectivity index (χ1) is 5.58. The molecule has 12 heavy (non-hydrogen) atoms. The Morgan fingerprint density at radius 2 is 2.17 bits per heavy atom. The number of anilines is 1. The maximum absolute atomic E-state index is 3.78. The molecule has 0 aromatic carbocycles. The van der Waals surface area contributed by atoms with Gasteiger partial charge >= 0.3 is 0 Å². The van der Waals surface area contributed by atoms with Gasteiger partial charge in [0.25, 0.3) is 5.95 Å². The van der Waals surface area contributed by atoms with E-state index >= 15 is 0 Å². The zero-order valence-electron chi connectivity index (χ0n) is 7.76. The summed E-state index contributed by atoms with van der Waals surface area (Å²) in [6.07, 6.45) is 1.08. The predicted molar refractivity (Wildman–Crippen MR) is 46.7 cm³/mol. The summed E-state index contributed by atoms with van der Waals surface area (Å²) in [4.78, 5) is 0. The van der Waals surface area contributed by atoms with Crippen LogP contribution in [0.15, 0.2) is 0 Å². The fraction of sp³-hybridized carbons (Fsp3) is 0.857. The number of aromatic amines is 1. The fourth-order valence-corrected chi connectivity index (χ4v) is 0.786. The molecule has 0 spiro atoms. The van der Waals surface area contributed by atoms with Crippen LogP contribution in [0.1, 0.15) is 27.2 Å². The predicted octanol–water partition coefficient (Wildman–Crippen LogP) is 1.05. The van der Waals surface area contributed by atoms with Gasteiger partial charge in [0.2, 0.25) is 0 Å². The highest BCUT2D eigenvalue weighted by Crippen LogP contribution is 2.17. The SMILES string of the molecule is CC(C)(C)CCNc1nn[nH]n1. The van der Waals surface area contributed by atoms with Crippen LogP contribution in [0.3, 0.4) is 0 Å². The van der Waals surface area contributed by atoms with Crippen LogP contribution in [0, 0.1) is 5.41 Å². The lowest BCUT2D eigenvalue weighted by atomic mass is 9.92. The van der Waals surface area contributed by atoms with Crippen LogP contribution in [0.5, 0.6) is 0 Å². The Hall–Kier alpha value is -1.13. The minimum absolute atomic E-state index is 0.344. The zero-order valence-corrected chi connectivity index (χ0v) is 7.76. The molecule has 0 aliphatic heterocycles. The highest BCUT2D eigenvalue weighted by atomic mass is 15.5. The first-order valence-electron chi connectivity index (χ1n) is 4.05. The Bertz CT molecular complexity index is 210. The molecule has 0 bridgehead atoms. The van der Waals surface area contributed by atoms with E-state index in [-0.39, 0.29) is 0 Å². The summed E-state index contributed by atoms with van der Waals surface area (Å²) >= 11 is 0. The number of nitrogens with zero attached hydrogens (tertiary/aromatic N) is 3. The van der Waals surface area contributed by atoms with Gasteiger partial charge in [0.1, 0.15) is 0 Å². The molecule has 1 heterocycles. The highest BCUT2D eigenvalue weighted by molar-refractivity contribution is 5.18. The molecule has 0 fully saturated rings. The second kappa shape index (κ2) is 3.51. The van der Waals surface area contributed by atoms with Crippen LogP contribution in [-0.4, -0.2) is 27.2 Å². The van der Waals surface area contributed by atoms with Crippen LogP contribution < -0.4 is 5.32 Å². The molecule has 68 valence electrons. The molecule has 2 N–H and O–H groups in total. The number of H-pyrrole nitrogens is 1. The molecule has 5 nitrogen and oxygen atoms in total. The number of hydrogen-bond donors (Lipinski definition) is 2. The van der Waals surface area contributed by atoms with Crippen LogP contribution in [-0.2, 0) is 0 Å². The van der Waals surface area contributed by atoms with Crippen molar-refractivity contribution in [3.05, 3.63) is 0 Å². The normalized spacial score (nSPS) is 11.6. The van der Waals surface area contributed by atoms with Gasteiger partial charge in [0.15, 0.2) is 0 Å². The molecule has 0 saturated carbocycles. The fourth-order valence-electron chi connectivity index (χ4n) is 0.786. The van der Waals surface area contributed by atoms with Crippen LogP contribution >= 0.6 is 0 Å². The van der Waals surface area contributed by atoms with Crippen molar-refractivity contribution in [3.8, 4) is 0 Å². The minimum Gasteiger partial charge on any atom is -0.352 e. The topological polar surface area (TPSA) is 66.5 Å². The van der Waals surface area contributed by atoms with Crippen molar-refractivity contribution in [2.45, 2.75) is 27.2 Å². The largest absolute Gasteiger partial charge is 0.352 e. The van der Waals surface area contributed by atoms with Gasteiger partial charge < -0.3 is 5.32 Å². The van der Waals surface area contributed by atoms with Crippen LogP contribution in [0.25, 0.3) is 0 Å². The Morgan fingerprint density at radius 1 is 1.42 bits per heavy atom. The van der Waals surface area contributed by atoms with E-state index in [1.54, 1.807) is 0 Å². The third-order valence-electron chi connectivity index (χ3n) is 1.50. The number of aromatic nitrogens is 4. The molecule has 1 rings (SSSR count). The van der Waals surface area contributed by atoms with Gasteiger partial charge in [0, 0.05) is 6.54 Å². The lowest BCUT2D eigenvalue weighted by Gasteiger charge is -2.17. The van der Waals surface area contributed by atoms with Crippen molar-refractivity contribution < 1.29 is 0 Å². The summed E-state index contributed by atoms with van der Waals surface area (Å²) in [7, 11) is 0. The van der Waals surface area contributed by atoms with E-state index in [0.29, 0.717) is 11.4 Å². The third kappa shape index (κ3) is 3.32. The lowest BCUT2D eigenvalue weighted by Crippen LogP contribution is -2.13. The molecular weight excluding hydrogens is 154 g/mol. The van der Waals surface area contributed by atoms with Crippen LogP contribution in [0.4, 0.5) is 5.95 Å². The minimum atomic E-state index is 0.344. The Morgan fingerprint density at radius 3 is 2.67 bits per heavy atom. The molecule has 0 aliphatic carbocycles. The monoisotopic (exact) mass is 169 g/mol. The van der Waals surface area contributed by atoms with Gasteiger partial charge in [0.05, 0.1) is 0 Å². The average Bonchev–Trinajstić information content (AvgIpc) is 2.36. The lowest BCUT2D eigenvalue weighted by molar-refractivity contribution is 0.389. The Labute approximate surface area is 71.9 Å². The van der Waals surface area contributed by atoms with Gasteiger partial charge in [-0.1, -0.05) is 25.9 Å². The molecule has 0 saturated heterocycles. The van der Waals surface area contributed by atoms with Crippen molar-refractivity contribution in [2.24, 2.45) is 5.41 Å². The average molecular weight is 169 g/mol. The van der Waals surface area contributed by atoms with Gasteiger partial charge in [-0.2, -0.15) is 5.21 Å². The van der Waals surface area contributed by atoms with E-state index in [2.05, 4.69) is 46.7 Å². The van der Waals surface area contributed by atoms with E-state index in [1.165, 1.54) is 0 Å². The number of rotatable bonds is 3. The summed E-state index contributed by atoms with van der Waals surface area (Å²) < 4.78 is 0. The maximum atomic E-state index is 3.78. The molecule has 0 unspecified atom stereocenters. The Kier molecular flexibility index (Phi) is 2.62. The molecule has 5 heteroatoms. The zero-order chi connectivity index (χ0) is 9.03. The second-order valence-corrected chi connectivity index (χ2v) is 3.97. The van der Waals surface area contributed by atoms with Crippen molar-refractivity contribution >= 4 is 5.95 Å². The van der Waals surface area contributed by atoms with Crippen LogP contribution in [0.2, 0.25) is 0 Å². The number of hydrogen-bond acceptors (Lipinski definition) is 4. The molecule has 1 aromatic rings. The number of nitrogens with one attached hydrogen (secondary N) is 2. The molecule has 1 aromatic heterocycles. The van der Waals surface area contributed by atoms with E-state index in [1.807, 2.05) is 0 Å². The summed E-state index contributed by atoms with van der Waals surface area (Å²) in [5, 5.41) is 16.4. The summed E-state index contributed by atoms with van der Waals surface area (Å²) in [6, 6.07) is 0. The van der Waals surface area contributed by atoms with Gasteiger partial charge in [-0.3, -0.25) is 0 Å². The Balaban J connectivity index is 2.20. The second-order valence-electron chi connectivity index (χ2n) is 3.97. The molecule has 0 atom stereocenters. The number of tetrazole rings is 1. The van der Waals surface area contributed by atoms with Crippen molar-refractivity contribution in [1.82, 2.24) is 20.6 Å². The smallest absolute Gasteiger partial charge is 0.263 e. The quantitative estimate of drug-likeness (QED) is 0.709. The third-order valence-corrected chi connectivity index (χ3v) is 1.50. The maximum Gasteiger partial charge on any atom is 0.263 e. The standard InChI is InChI=1S/C7H15N5/c1-7(2,3)4-5-8-6-9-11-12-10-6/h4-5H2,1-3H3,(H2,8,9,10,11,12). The van der Waals surface area contributed by atoms with E-state index in [4.69, 9.17) is 0 Å². The first-order valence-corrected chi connectivity index (χ1v) is 4.05. The molecule has 0 aliphatic rings. The summed E-state index contributed by atoms with van der Waals surface area (Å²) in [6.45, 7) is 7.48. The molecular formula is C7H15N5. The first kappa shape index (κ1) is 8.96. The summed E-state index contributed by atoms with van der Waals surface area (Å²) in [5.41, 5.74) is 0.344. The molecule has 0 amide bonds. The highest BCUT2D eigenvalue weighted by Gasteiger charge is 2.09. The van der Waals surface area contributed by atoms with E-state index in [9.17, 15) is 0 Å². The van der Waals surface area contributed by atoms with Crippen molar-refractivity contribution in [3.63, 3.8) is 0 Å².